The summed E-state index contributed by atoms with van der Waals surface area (Å²) >= 11 is 0. The molecule has 3 rings (SSSR count). The summed E-state index contributed by atoms with van der Waals surface area (Å²) in [4.78, 5) is 8.80. The first kappa shape index (κ1) is 22.4. The molecule has 1 aromatic carbocycles. The summed E-state index contributed by atoms with van der Waals surface area (Å²) in [5, 5.41) is 7.65. The molecule has 0 saturated carbocycles. The van der Waals surface area contributed by atoms with Gasteiger partial charge in [0.15, 0.2) is 5.96 Å². The van der Waals surface area contributed by atoms with E-state index in [9.17, 15) is 4.39 Å². The molecule has 1 saturated heterocycles. The third-order valence-corrected chi connectivity index (χ3v) is 4.92. The maximum atomic E-state index is 14.2. The summed E-state index contributed by atoms with van der Waals surface area (Å²) < 4.78 is 16.0. The maximum absolute atomic E-state index is 14.2. The summed E-state index contributed by atoms with van der Waals surface area (Å²) in [6.45, 7) is 5.21. The van der Waals surface area contributed by atoms with Gasteiger partial charge in [0.05, 0.1) is 18.4 Å². The van der Waals surface area contributed by atoms with Crippen molar-refractivity contribution < 1.29 is 4.39 Å². The van der Waals surface area contributed by atoms with Gasteiger partial charge in [0.2, 0.25) is 0 Å². The van der Waals surface area contributed by atoms with E-state index in [1.165, 1.54) is 5.56 Å². The largest absolute Gasteiger partial charge is 0.375 e. The maximum Gasteiger partial charge on any atom is 0.194 e. The average molecular weight is 500 g/mol. The first-order chi connectivity index (χ1) is 13.0. The highest BCUT2D eigenvalue weighted by molar-refractivity contribution is 14.0. The van der Waals surface area contributed by atoms with Gasteiger partial charge >= 0.3 is 0 Å². The van der Waals surface area contributed by atoms with Crippen LogP contribution < -0.4 is 10.2 Å². The van der Waals surface area contributed by atoms with Gasteiger partial charge in [-0.15, -0.1) is 24.0 Å². The molecule has 154 valence electrons. The Balaban J connectivity index is 0.00000280. The fraction of sp³-hybridized carbons (Fsp3) is 0.500. The first-order valence-corrected chi connectivity index (χ1v) is 9.45. The topological polar surface area (TPSA) is 48.7 Å². The zero-order chi connectivity index (χ0) is 19.4. The number of aliphatic imine (C=N–C) groups is 1. The lowest BCUT2D eigenvalue weighted by Gasteiger charge is -2.21. The molecule has 0 amide bonds. The molecule has 28 heavy (non-hydrogen) atoms. The molecule has 2 heterocycles. The number of rotatable bonds is 5. The predicted octanol–water partition coefficient (Wildman–Crippen LogP) is 3.20. The number of hydrogen-bond acceptors (Lipinski definition) is 3. The van der Waals surface area contributed by atoms with E-state index < -0.39 is 0 Å². The molecule has 0 bridgehead atoms. The Labute approximate surface area is 183 Å². The van der Waals surface area contributed by atoms with Crippen LogP contribution in [0.3, 0.4) is 0 Å². The molecule has 1 aliphatic rings. The number of aromatic nitrogens is 2. The van der Waals surface area contributed by atoms with Crippen molar-refractivity contribution in [2.24, 2.45) is 12.0 Å². The van der Waals surface area contributed by atoms with Gasteiger partial charge in [-0.1, -0.05) is 6.07 Å². The smallest absolute Gasteiger partial charge is 0.194 e. The van der Waals surface area contributed by atoms with Crippen LogP contribution in [0.1, 0.15) is 30.4 Å². The van der Waals surface area contributed by atoms with E-state index in [1.807, 2.05) is 38.1 Å². The molecule has 1 atom stereocenters. The molecule has 0 radical (unpaired) electrons. The third-order valence-electron chi connectivity index (χ3n) is 4.92. The highest BCUT2D eigenvalue weighted by Gasteiger charge is 2.26. The van der Waals surface area contributed by atoms with Gasteiger partial charge < -0.3 is 15.1 Å². The van der Waals surface area contributed by atoms with Crippen molar-refractivity contribution in [2.75, 3.05) is 38.6 Å². The molecule has 0 spiro atoms. The second-order valence-electron chi connectivity index (χ2n) is 7.23. The van der Waals surface area contributed by atoms with Crippen LogP contribution in [0.5, 0.6) is 0 Å². The normalized spacial score (nSPS) is 16.8. The van der Waals surface area contributed by atoms with Crippen LogP contribution >= 0.6 is 24.0 Å². The zero-order valence-electron chi connectivity index (χ0n) is 17.0. The fourth-order valence-corrected chi connectivity index (χ4v) is 3.48. The van der Waals surface area contributed by atoms with Crippen LogP contribution in [0.25, 0.3) is 0 Å². The van der Waals surface area contributed by atoms with Crippen molar-refractivity contribution in [3.05, 3.63) is 47.5 Å². The van der Waals surface area contributed by atoms with Crippen LogP contribution in [0.4, 0.5) is 10.1 Å². The Kier molecular flexibility index (Phi) is 8.09. The minimum atomic E-state index is -0.212. The van der Waals surface area contributed by atoms with Gasteiger partial charge in [0.1, 0.15) is 5.82 Å². The molecular formula is C20H30FIN6. The third kappa shape index (κ3) is 5.36. The van der Waals surface area contributed by atoms with Crippen LogP contribution in [0.2, 0.25) is 0 Å². The van der Waals surface area contributed by atoms with E-state index >= 15 is 0 Å². The van der Waals surface area contributed by atoms with Gasteiger partial charge in [0.25, 0.3) is 0 Å². The highest BCUT2D eigenvalue weighted by Crippen LogP contribution is 2.27. The van der Waals surface area contributed by atoms with Crippen LogP contribution in [-0.4, -0.2) is 54.4 Å². The molecule has 6 nitrogen and oxygen atoms in total. The first-order valence-electron chi connectivity index (χ1n) is 9.45. The molecule has 2 aromatic rings. The van der Waals surface area contributed by atoms with E-state index in [0.717, 1.165) is 37.6 Å². The number of hydrogen-bond donors (Lipinski definition) is 1. The van der Waals surface area contributed by atoms with Crippen molar-refractivity contribution in [3.63, 3.8) is 0 Å². The number of anilines is 1. The SMILES string of the molecule is CCNC(=NCc1ccc(N(C)C)c(F)c1)N1CCC(c2cnn(C)c2)C1.I. The molecule has 1 aliphatic heterocycles. The van der Waals surface area contributed by atoms with Crippen LogP contribution in [0, 0.1) is 5.82 Å². The van der Waals surface area contributed by atoms with E-state index in [2.05, 4.69) is 28.4 Å². The van der Waals surface area contributed by atoms with Gasteiger partial charge in [-0.05, 0) is 36.6 Å². The predicted molar refractivity (Wildman–Crippen MR) is 123 cm³/mol. The van der Waals surface area contributed by atoms with Gasteiger partial charge in [-0.3, -0.25) is 4.68 Å². The standard InChI is InChI=1S/C20H29FN6.HI/c1-5-22-20(23-11-15-6-7-19(25(2)3)18(21)10-15)27-9-8-16(14-27)17-12-24-26(4)13-17;/h6-7,10,12-13,16H,5,8-9,11,14H2,1-4H3,(H,22,23);1H. The number of guanidine groups is 1. The Bertz CT molecular complexity index is 804. The lowest BCUT2D eigenvalue weighted by atomic mass is 10.0. The molecule has 1 fully saturated rings. The van der Waals surface area contributed by atoms with Gasteiger partial charge in [-0.2, -0.15) is 5.10 Å². The quantitative estimate of drug-likeness (QED) is 0.390. The van der Waals surface area contributed by atoms with E-state index in [4.69, 9.17) is 4.99 Å². The van der Waals surface area contributed by atoms with Crippen molar-refractivity contribution in [1.82, 2.24) is 20.0 Å². The summed E-state index contributed by atoms with van der Waals surface area (Å²) in [5.41, 5.74) is 2.74. The average Bonchev–Trinajstić information content (AvgIpc) is 3.27. The van der Waals surface area contributed by atoms with Crippen molar-refractivity contribution >= 4 is 35.6 Å². The lowest BCUT2D eigenvalue weighted by molar-refractivity contribution is 0.486. The van der Waals surface area contributed by atoms with Crippen molar-refractivity contribution in [2.45, 2.75) is 25.8 Å². The Hall–Kier alpha value is -1.84. The second kappa shape index (κ2) is 10.1. The Morgan fingerprint density at radius 2 is 2.18 bits per heavy atom. The van der Waals surface area contributed by atoms with Crippen molar-refractivity contribution in [1.29, 1.82) is 0 Å². The fourth-order valence-electron chi connectivity index (χ4n) is 3.48. The lowest BCUT2D eigenvalue weighted by Crippen LogP contribution is -2.40. The minimum absolute atomic E-state index is 0. The van der Waals surface area contributed by atoms with E-state index in [-0.39, 0.29) is 29.8 Å². The number of aryl methyl sites for hydroxylation is 1. The number of likely N-dealkylation sites (tertiary alicyclic amines) is 1. The van der Waals surface area contributed by atoms with E-state index in [0.29, 0.717) is 18.2 Å². The van der Waals surface area contributed by atoms with Crippen molar-refractivity contribution in [3.8, 4) is 0 Å². The molecular weight excluding hydrogens is 470 g/mol. The summed E-state index contributed by atoms with van der Waals surface area (Å²) in [6.07, 6.45) is 5.13. The van der Waals surface area contributed by atoms with Crippen LogP contribution in [-0.2, 0) is 13.6 Å². The Morgan fingerprint density at radius 3 is 2.79 bits per heavy atom. The number of benzene rings is 1. The zero-order valence-corrected chi connectivity index (χ0v) is 19.4. The van der Waals surface area contributed by atoms with Crippen LogP contribution in [0.15, 0.2) is 35.6 Å². The molecule has 1 aromatic heterocycles. The van der Waals surface area contributed by atoms with E-state index in [1.54, 1.807) is 17.0 Å². The minimum Gasteiger partial charge on any atom is -0.375 e. The summed E-state index contributed by atoms with van der Waals surface area (Å²) in [6, 6.07) is 5.32. The highest BCUT2D eigenvalue weighted by atomic mass is 127. The molecule has 1 unspecified atom stereocenters. The molecule has 1 N–H and O–H groups in total. The summed E-state index contributed by atoms with van der Waals surface area (Å²) in [5.74, 6) is 1.15. The van der Waals surface area contributed by atoms with Gasteiger partial charge in [0, 0.05) is 52.9 Å². The second-order valence-corrected chi connectivity index (χ2v) is 7.23. The molecule has 8 heteroatoms. The molecule has 0 aliphatic carbocycles. The number of nitrogens with zero attached hydrogens (tertiary/aromatic N) is 5. The summed E-state index contributed by atoms with van der Waals surface area (Å²) in [7, 11) is 5.62. The Morgan fingerprint density at radius 1 is 1.39 bits per heavy atom. The number of halogens is 2. The number of nitrogens with one attached hydrogen (secondary N) is 1. The monoisotopic (exact) mass is 500 g/mol. The van der Waals surface area contributed by atoms with Gasteiger partial charge in [-0.25, -0.2) is 9.38 Å².